The maximum Gasteiger partial charge on any atom is 0.305 e. The average molecular weight is 258 g/mol. The summed E-state index contributed by atoms with van der Waals surface area (Å²) in [5.41, 5.74) is 0. The van der Waals surface area contributed by atoms with Gasteiger partial charge < -0.3 is 15.2 Å². The number of carboxylic acids is 1. The molecule has 0 aromatic heterocycles. The summed E-state index contributed by atoms with van der Waals surface area (Å²) in [4.78, 5) is 24.2. The van der Waals surface area contributed by atoms with Gasteiger partial charge in [-0.1, -0.05) is 13.8 Å². The van der Waals surface area contributed by atoms with Crippen molar-refractivity contribution in [1.29, 1.82) is 0 Å². The third kappa shape index (κ3) is 5.01. The van der Waals surface area contributed by atoms with E-state index in [-0.39, 0.29) is 12.3 Å². The summed E-state index contributed by atoms with van der Waals surface area (Å²) in [7, 11) is 0. The normalized spacial score (nSPS) is 21.1. The van der Waals surface area contributed by atoms with Gasteiger partial charge in [0.25, 0.3) is 0 Å². The molecule has 1 heterocycles. The van der Waals surface area contributed by atoms with Gasteiger partial charge in [-0.15, -0.1) is 0 Å². The molecule has 1 rings (SSSR count). The monoisotopic (exact) mass is 258 g/mol. The molecule has 1 aliphatic rings. The predicted octanol–water partition coefficient (Wildman–Crippen LogP) is -0.0659. The van der Waals surface area contributed by atoms with Crippen LogP contribution in [0.5, 0.6) is 0 Å². The lowest BCUT2D eigenvalue weighted by atomic mass is 10.1. The van der Waals surface area contributed by atoms with Crippen molar-refractivity contribution in [3.63, 3.8) is 0 Å². The second-order valence-corrected chi connectivity index (χ2v) is 4.91. The summed E-state index contributed by atoms with van der Waals surface area (Å²) in [6, 6.07) is -0.570. The quantitative estimate of drug-likeness (QED) is 0.625. The molecule has 0 radical (unpaired) electrons. The van der Waals surface area contributed by atoms with Crippen LogP contribution in [-0.2, 0) is 14.3 Å². The summed E-state index contributed by atoms with van der Waals surface area (Å²) in [6.07, 6.45) is -0.157. The second kappa shape index (κ2) is 7.33. The van der Waals surface area contributed by atoms with Crippen molar-refractivity contribution in [1.82, 2.24) is 10.2 Å². The van der Waals surface area contributed by atoms with E-state index in [1.54, 1.807) is 0 Å². The van der Waals surface area contributed by atoms with Crippen LogP contribution in [0.2, 0.25) is 0 Å². The van der Waals surface area contributed by atoms with Crippen LogP contribution in [-0.4, -0.2) is 60.8 Å². The van der Waals surface area contributed by atoms with Gasteiger partial charge in [0.2, 0.25) is 5.91 Å². The highest BCUT2D eigenvalue weighted by Crippen LogP contribution is 2.08. The van der Waals surface area contributed by atoms with Crippen molar-refractivity contribution in [3.8, 4) is 0 Å². The number of carboxylic acid groups (broad SMARTS) is 1. The fraction of sp³-hybridized carbons (Fsp3) is 0.833. The van der Waals surface area contributed by atoms with Gasteiger partial charge in [0, 0.05) is 26.2 Å². The third-order valence-electron chi connectivity index (χ3n) is 2.78. The molecule has 0 spiro atoms. The van der Waals surface area contributed by atoms with E-state index < -0.39 is 12.0 Å². The Morgan fingerprint density at radius 3 is 2.94 bits per heavy atom. The summed E-state index contributed by atoms with van der Waals surface area (Å²) in [6.45, 7) is 7.19. The number of aliphatic carboxylic acids is 1. The van der Waals surface area contributed by atoms with Crippen molar-refractivity contribution in [2.45, 2.75) is 26.3 Å². The van der Waals surface area contributed by atoms with Gasteiger partial charge in [-0.3, -0.25) is 14.5 Å². The Hall–Kier alpha value is -1.14. The Bertz CT molecular complexity index is 294. The van der Waals surface area contributed by atoms with Gasteiger partial charge >= 0.3 is 5.97 Å². The van der Waals surface area contributed by atoms with Crippen LogP contribution in [0.1, 0.15) is 20.3 Å². The highest BCUT2D eigenvalue weighted by atomic mass is 16.5. The first-order valence-electron chi connectivity index (χ1n) is 6.32. The van der Waals surface area contributed by atoms with Gasteiger partial charge in [0.1, 0.15) is 0 Å². The van der Waals surface area contributed by atoms with Crippen LogP contribution in [0.15, 0.2) is 0 Å². The molecule has 1 unspecified atom stereocenters. The number of piperazine rings is 1. The zero-order chi connectivity index (χ0) is 13.5. The van der Waals surface area contributed by atoms with Crippen molar-refractivity contribution >= 4 is 11.9 Å². The van der Waals surface area contributed by atoms with E-state index in [9.17, 15) is 9.59 Å². The van der Waals surface area contributed by atoms with Crippen molar-refractivity contribution in [2.24, 2.45) is 5.92 Å². The standard InChI is InChI=1S/C12H22N2O4/c1-9(2)8-18-6-5-14-4-3-13-12(17)10(14)7-11(15)16/h9-10H,3-8H2,1-2H3,(H,13,17)(H,15,16). The summed E-state index contributed by atoms with van der Waals surface area (Å²) in [5, 5.41) is 11.5. The molecule has 1 amide bonds. The molecular formula is C12H22N2O4. The molecule has 18 heavy (non-hydrogen) atoms. The van der Waals surface area contributed by atoms with Crippen LogP contribution in [0.4, 0.5) is 0 Å². The van der Waals surface area contributed by atoms with E-state index in [1.165, 1.54) is 0 Å². The van der Waals surface area contributed by atoms with Crippen molar-refractivity contribution < 1.29 is 19.4 Å². The van der Waals surface area contributed by atoms with Gasteiger partial charge in [-0.05, 0) is 5.92 Å². The molecule has 2 N–H and O–H groups in total. The number of rotatable bonds is 7. The van der Waals surface area contributed by atoms with Gasteiger partial charge in [-0.25, -0.2) is 0 Å². The number of nitrogens with zero attached hydrogens (tertiary/aromatic N) is 1. The Morgan fingerprint density at radius 1 is 1.61 bits per heavy atom. The molecule has 0 aromatic carbocycles. The lowest BCUT2D eigenvalue weighted by Gasteiger charge is -2.34. The Kier molecular flexibility index (Phi) is 6.07. The molecule has 0 aliphatic carbocycles. The summed E-state index contributed by atoms with van der Waals surface area (Å²) >= 11 is 0. The molecule has 1 atom stereocenters. The molecule has 6 heteroatoms. The summed E-state index contributed by atoms with van der Waals surface area (Å²) in [5.74, 6) is -0.679. The fourth-order valence-corrected chi connectivity index (χ4v) is 1.92. The molecule has 1 fully saturated rings. The first-order chi connectivity index (χ1) is 8.50. The second-order valence-electron chi connectivity index (χ2n) is 4.91. The minimum Gasteiger partial charge on any atom is -0.481 e. The first kappa shape index (κ1) is 14.9. The van der Waals surface area contributed by atoms with Crippen LogP contribution >= 0.6 is 0 Å². The number of carbonyl (C=O) groups excluding carboxylic acids is 1. The molecule has 0 bridgehead atoms. The summed E-state index contributed by atoms with van der Waals surface area (Å²) < 4.78 is 5.47. The van der Waals surface area contributed by atoms with E-state index in [0.717, 1.165) is 0 Å². The average Bonchev–Trinajstić information content (AvgIpc) is 2.27. The largest absolute Gasteiger partial charge is 0.481 e. The third-order valence-corrected chi connectivity index (χ3v) is 2.78. The van der Waals surface area contributed by atoms with Crippen LogP contribution in [0.25, 0.3) is 0 Å². The lowest BCUT2D eigenvalue weighted by Crippen LogP contribution is -2.56. The van der Waals surface area contributed by atoms with Gasteiger partial charge in [0.05, 0.1) is 19.1 Å². The van der Waals surface area contributed by atoms with Crippen LogP contribution in [0, 0.1) is 5.92 Å². The number of nitrogens with one attached hydrogen (secondary N) is 1. The lowest BCUT2D eigenvalue weighted by molar-refractivity contribution is -0.143. The number of amides is 1. The number of carbonyl (C=O) groups is 2. The minimum absolute atomic E-state index is 0.157. The zero-order valence-corrected chi connectivity index (χ0v) is 11.0. The van der Waals surface area contributed by atoms with E-state index in [4.69, 9.17) is 9.84 Å². The highest BCUT2D eigenvalue weighted by Gasteiger charge is 2.31. The first-order valence-corrected chi connectivity index (χ1v) is 6.32. The highest BCUT2D eigenvalue weighted by molar-refractivity contribution is 5.86. The van der Waals surface area contributed by atoms with E-state index in [2.05, 4.69) is 19.2 Å². The minimum atomic E-state index is -0.954. The van der Waals surface area contributed by atoms with Gasteiger partial charge in [0.15, 0.2) is 0 Å². The predicted molar refractivity (Wildman–Crippen MR) is 66.3 cm³/mol. The molecule has 0 aromatic rings. The maximum atomic E-state index is 11.6. The Morgan fingerprint density at radius 2 is 2.33 bits per heavy atom. The molecule has 6 nitrogen and oxygen atoms in total. The number of hydrogen-bond acceptors (Lipinski definition) is 4. The maximum absolute atomic E-state index is 11.6. The smallest absolute Gasteiger partial charge is 0.305 e. The van der Waals surface area contributed by atoms with Crippen LogP contribution in [0.3, 0.4) is 0 Å². The molecule has 104 valence electrons. The van der Waals surface area contributed by atoms with Crippen molar-refractivity contribution in [3.05, 3.63) is 0 Å². The topological polar surface area (TPSA) is 78.9 Å². The molecule has 1 aliphatic heterocycles. The zero-order valence-electron chi connectivity index (χ0n) is 11.0. The number of ether oxygens (including phenoxy) is 1. The fourth-order valence-electron chi connectivity index (χ4n) is 1.92. The van der Waals surface area contributed by atoms with E-state index >= 15 is 0 Å². The van der Waals surface area contributed by atoms with E-state index in [0.29, 0.717) is 38.8 Å². The molecule has 1 saturated heterocycles. The Balaban J connectivity index is 2.39. The van der Waals surface area contributed by atoms with Gasteiger partial charge in [-0.2, -0.15) is 0 Å². The van der Waals surface area contributed by atoms with Crippen molar-refractivity contribution in [2.75, 3.05) is 32.8 Å². The molecule has 0 saturated carbocycles. The molecular weight excluding hydrogens is 236 g/mol. The number of hydrogen-bond donors (Lipinski definition) is 2. The van der Waals surface area contributed by atoms with Crippen LogP contribution < -0.4 is 5.32 Å². The SMILES string of the molecule is CC(C)COCCN1CCNC(=O)C1CC(=O)O. The Labute approximate surface area is 107 Å². The van der Waals surface area contributed by atoms with E-state index in [1.807, 2.05) is 4.90 Å².